The van der Waals surface area contributed by atoms with E-state index in [0.717, 1.165) is 24.0 Å². The quantitative estimate of drug-likeness (QED) is 0.841. The summed E-state index contributed by atoms with van der Waals surface area (Å²) in [5.74, 6) is 0. The average Bonchev–Trinajstić information content (AvgIpc) is 2.50. The third kappa shape index (κ3) is 3.39. The molecule has 116 valence electrons. The van der Waals surface area contributed by atoms with Gasteiger partial charge in [0.15, 0.2) is 0 Å². The van der Waals surface area contributed by atoms with Gasteiger partial charge in [-0.15, -0.1) is 0 Å². The van der Waals surface area contributed by atoms with Crippen LogP contribution in [0.3, 0.4) is 0 Å². The summed E-state index contributed by atoms with van der Waals surface area (Å²) in [6.07, 6.45) is 16.3. The lowest BCUT2D eigenvalue weighted by atomic mass is 9.68. The number of hydrogen-bond donors (Lipinski definition) is 1. The molecule has 0 radical (unpaired) electrons. The molecule has 0 aromatic rings. The van der Waals surface area contributed by atoms with Crippen LogP contribution in [0.1, 0.15) is 77.6 Å². The number of nitrogens with one attached hydrogen (secondary N) is 1. The van der Waals surface area contributed by atoms with Gasteiger partial charge in [0.05, 0.1) is 0 Å². The molecule has 3 aliphatic rings. The summed E-state index contributed by atoms with van der Waals surface area (Å²) < 4.78 is 0. The number of hydrogen-bond acceptors (Lipinski definition) is 2. The molecule has 3 fully saturated rings. The van der Waals surface area contributed by atoms with Crippen molar-refractivity contribution in [2.45, 2.75) is 89.6 Å². The van der Waals surface area contributed by atoms with Crippen molar-refractivity contribution >= 4 is 0 Å². The minimum Gasteiger partial charge on any atom is -0.314 e. The highest BCUT2D eigenvalue weighted by atomic mass is 15.2. The number of rotatable bonds is 3. The molecule has 0 bridgehead atoms. The van der Waals surface area contributed by atoms with Gasteiger partial charge >= 0.3 is 0 Å². The smallest absolute Gasteiger partial charge is 0.0110 e. The SMILES string of the molecule is CCNC1CCCC(N2CCC3(CCCCC3)CC2)C1. The molecule has 0 aromatic carbocycles. The van der Waals surface area contributed by atoms with E-state index in [4.69, 9.17) is 0 Å². The lowest BCUT2D eigenvalue weighted by Crippen LogP contribution is -2.49. The highest BCUT2D eigenvalue weighted by Crippen LogP contribution is 2.45. The minimum atomic E-state index is 0.768. The zero-order valence-electron chi connectivity index (χ0n) is 13.5. The molecule has 2 heteroatoms. The summed E-state index contributed by atoms with van der Waals surface area (Å²) in [4.78, 5) is 2.85. The summed E-state index contributed by atoms with van der Waals surface area (Å²) in [6.45, 7) is 6.17. The van der Waals surface area contributed by atoms with Crippen LogP contribution >= 0.6 is 0 Å². The summed E-state index contributed by atoms with van der Waals surface area (Å²) in [5.41, 5.74) is 0.768. The molecule has 1 spiro atoms. The van der Waals surface area contributed by atoms with Crippen molar-refractivity contribution in [3.63, 3.8) is 0 Å². The molecule has 2 unspecified atom stereocenters. The monoisotopic (exact) mass is 278 g/mol. The molecule has 2 nitrogen and oxygen atoms in total. The zero-order chi connectivity index (χ0) is 13.8. The van der Waals surface area contributed by atoms with Crippen molar-refractivity contribution in [1.29, 1.82) is 0 Å². The largest absolute Gasteiger partial charge is 0.314 e. The van der Waals surface area contributed by atoms with E-state index in [1.807, 2.05) is 0 Å². The first-order valence-electron chi connectivity index (χ1n) is 9.29. The van der Waals surface area contributed by atoms with Gasteiger partial charge < -0.3 is 10.2 Å². The molecule has 3 rings (SSSR count). The second-order valence-electron chi connectivity index (χ2n) is 7.67. The summed E-state index contributed by atoms with van der Waals surface area (Å²) in [6, 6.07) is 1.68. The van der Waals surface area contributed by atoms with E-state index >= 15 is 0 Å². The predicted octanol–water partition coefficient (Wildman–Crippen LogP) is 3.95. The Bertz CT molecular complexity index is 284. The maximum absolute atomic E-state index is 3.68. The first-order chi connectivity index (χ1) is 9.81. The van der Waals surface area contributed by atoms with Crippen molar-refractivity contribution < 1.29 is 0 Å². The second-order valence-corrected chi connectivity index (χ2v) is 7.67. The van der Waals surface area contributed by atoms with E-state index in [1.165, 1.54) is 83.7 Å². The standard InChI is InChI=1S/C18H34N2/c1-2-19-16-7-6-8-17(15-16)20-13-11-18(12-14-20)9-4-3-5-10-18/h16-17,19H,2-15H2,1H3. The normalized spacial score (nSPS) is 35.2. The van der Waals surface area contributed by atoms with E-state index in [0.29, 0.717) is 0 Å². The minimum absolute atomic E-state index is 0.768. The van der Waals surface area contributed by atoms with Crippen LogP contribution in [-0.4, -0.2) is 36.6 Å². The van der Waals surface area contributed by atoms with E-state index in [-0.39, 0.29) is 0 Å². The van der Waals surface area contributed by atoms with Gasteiger partial charge in [0.25, 0.3) is 0 Å². The van der Waals surface area contributed by atoms with Crippen LogP contribution in [0.2, 0.25) is 0 Å². The van der Waals surface area contributed by atoms with Gasteiger partial charge in [-0.05, 0) is 70.0 Å². The molecular weight excluding hydrogens is 244 g/mol. The molecule has 20 heavy (non-hydrogen) atoms. The molecule has 1 heterocycles. The Kier molecular flexibility index (Phi) is 5.04. The first kappa shape index (κ1) is 14.8. The highest BCUT2D eigenvalue weighted by molar-refractivity contribution is 4.92. The van der Waals surface area contributed by atoms with Crippen LogP contribution in [0, 0.1) is 5.41 Å². The molecule has 2 saturated carbocycles. The zero-order valence-corrected chi connectivity index (χ0v) is 13.5. The molecule has 1 aliphatic heterocycles. The Hall–Kier alpha value is -0.0800. The van der Waals surface area contributed by atoms with Crippen LogP contribution in [0.15, 0.2) is 0 Å². The fourth-order valence-corrected chi connectivity index (χ4v) is 5.14. The maximum atomic E-state index is 3.68. The van der Waals surface area contributed by atoms with E-state index in [2.05, 4.69) is 17.1 Å². The third-order valence-electron chi connectivity index (χ3n) is 6.43. The molecule has 0 amide bonds. The molecule has 0 aromatic heterocycles. The molecular formula is C18H34N2. The maximum Gasteiger partial charge on any atom is 0.0110 e. The van der Waals surface area contributed by atoms with E-state index < -0.39 is 0 Å². The van der Waals surface area contributed by atoms with Gasteiger partial charge in [-0.1, -0.05) is 32.6 Å². The number of nitrogens with zero attached hydrogens (tertiary/aromatic N) is 1. The number of likely N-dealkylation sites (tertiary alicyclic amines) is 1. The Morgan fingerprint density at radius 2 is 1.70 bits per heavy atom. The van der Waals surface area contributed by atoms with Gasteiger partial charge in [0.2, 0.25) is 0 Å². The fourth-order valence-electron chi connectivity index (χ4n) is 5.14. The van der Waals surface area contributed by atoms with Gasteiger partial charge in [0, 0.05) is 12.1 Å². The summed E-state index contributed by atoms with van der Waals surface area (Å²) in [5, 5.41) is 3.68. The van der Waals surface area contributed by atoms with E-state index in [9.17, 15) is 0 Å². The second kappa shape index (κ2) is 6.79. The topological polar surface area (TPSA) is 15.3 Å². The Balaban J connectivity index is 1.50. The van der Waals surface area contributed by atoms with Crippen LogP contribution in [0.4, 0.5) is 0 Å². The van der Waals surface area contributed by atoms with Gasteiger partial charge in [0.1, 0.15) is 0 Å². The molecule has 1 saturated heterocycles. The van der Waals surface area contributed by atoms with Crippen molar-refractivity contribution in [2.24, 2.45) is 5.41 Å². The van der Waals surface area contributed by atoms with Crippen molar-refractivity contribution in [2.75, 3.05) is 19.6 Å². The van der Waals surface area contributed by atoms with Crippen LogP contribution in [0.5, 0.6) is 0 Å². The van der Waals surface area contributed by atoms with Crippen LogP contribution < -0.4 is 5.32 Å². The summed E-state index contributed by atoms with van der Waals surface area (Å²) in [7, 11) is 0. The lowest BCUT2D eigenvalue weighted by molar-refractivity contribution is 0.0314. The Labute approximate surface area is 125 Å². The first-order valence-corrected chi connectivity index (χ1v) is 9.29. The van der Waals surface area contributed by atoms with Crippen molar-refractivity contribution in [1.82, 2.24) is 10.2 Å². The molecule has 2 atom stereocenters. The third-order valence-corrected chi connectivity index (χ3v) is 6.43. The van der Waals surface area contributed by atoms with Crippen LogP contribution in [0.25, 0.3) is 0 Å². The fraction of sp³-hybridized carbons (Fsp3) is 1.00. The highest BCUT2D eigenvalue weighted by Gasteiger charge is 2.37. The van der Waals surface area contributed by atoms with Gasteiger partial charge in [-0.2, -0.15) is 0 Å². The Morgan fingerprint density at radius 1 is 0.950 bits per heavy atom. The van der Waals surface area contributed by atoms with Gasteiger partial charge in [-0.25, -0.2) is 0 Å². The molecule has 1 N–H and O–H groups in total. The van der Waals surface area contributed by atoms with Gasteiger partial charge in [-0.3, -0.25) is 0 Å². The van der Waals surface area contributed by atoms with Crippen molar-refractivity contribution in [3.8, 4) is 0 Å². The number of piperidine rings is 1. The Morgan fingerprint density at radius 3 is 2.40 bits per heavy atom. The predicted molar refractivity (Wildman–Crippen MR) is 86.0 cm³/mol. The van der Waals surface area contributed by atoms with Crippen molar-refractivity contribution in [3.05, 3.63) is 0 Å². The lowest BCUT2D eigenvalue weighted by Gasteiger charge is -2.48. The van der Waals surface area contributed by atoms with Crippen LogP contribution in [-0.2, 0) is 0 Å². The average molecular weight is 278 g/mol. The van der Waals surface area contributed by atoms with E-state index in [1.54, 1.807) is 0 Å². The summed E-state index contributed by atoms with van der Waals surface area (Å²) >= 11 is 0. The molecule has 2 aliphatic carbocycles.